The molecule has 1 N–H and O–H groups in total. The van der Waals surface area contributed by atoms with Crippen LogP contribution in [-0.4, -0.2) is 71.3 Å². The van der Waals surface area contributed by atoms with Crippen molar-refractivity contribution in [2.45, 2.75) is 114 Å². The molecule has 1 saturated carbocycles. The van der Waals surface area contributed by atoms with Gasteiger partial charge in [-0.15, -0.1) is 0 Å². The van der Waals surface area contributed by atoms with Gasteiger partial charge in [-0.1, -0.05) is 13.0 Å². The lowest BCUT2D eigenvalue weighted by atomic mass is 9.74. The molecule has 230 valence electrons. The summed E-state index contributed by atoms with van der Waals surface area (Å²) in [6, 6.07) is 1.61. The number of carbonyl (C=O) groups excluding carboxylic acids is 1. The van der Waals surface area contributed by atoms with Crippen molar-refractivity contribution in [3.63, 3.8) is 0 Å². The molecule has 13 heteroatoms. The van der Waals surface area contributed by atoms with Crippen molar-refractivity contribution < 1.29 is 27.3 Å². The van der Waals surface area contributed by atoms with Gasteiger partial charge in [-0.25, -0.2) is 22.9 Å². The lowest BCUT2D eigenvalue weighted by molar-refractivity contribution is -0.0272. The molecule has 3 aliphatic rings. The van der Waals surface area contributed by atoms with Crippen LogP contribution in [0.4, 0.5) is 4.79 Å². The van der Waals surface area contributed by atoms with Crippen LogP contribution in [0.3, 0.4) is 0 Å². The maximum absolute atomic E-state index is 13.2. The maximum atomic E-state index is 13.2. The summed E-state index contributed by atoms with van der Waals surface area (Å²) < 4.78 is 50.3. The molecule has 1 unspecified atom stereocenters. The molecule has 2 atom stereocenters. The van der Waals surface area contributed by atoms with Gasteiger partial charge in [0.05, 0.1) is 26.3 Å². The summed E-state index contributed by atoms with van der Waals surface area (Å²) in [6.45, 7) is 16.6. The van der Waals surface area contributed by atoms with Crippen molar-refractivity contribution >= 4 is 44.8 Å². The number of hydrogen-bond acceptors (Lipinski definition) is 7. The number of fused-ring (bicyclic) bond motifs is 1. The Kier molecular flexibility index (Phi) is 7.96. The first-order valence-electron chi connectivity index (χ1n) is 14.6. The van der Waals surface area contributed by atoms with Gasteiger partial charge in [0.1, 0.15) is 5.60 Å². The zero-order valence-electron chi connectivity index (χ0n) is 25.8. The molecule has 0 aromatic carbocycles. The zero-order valence-corrected chi connectivity index (χ0v) is 28.2. The second-order valence-electron chi connectivity index (χ2n) is 13.8. The lowest BCUT2D eigenvalue weighted by Crippen LogP contribution is -2.50. The number of nitrogens with zero attached hydrogens (tertiary/aromatic N) is 3. The normalized spacial score (nSPS) is 24.8. The van der Waals surface area contributed by atoms with E-state index in [1.807, 2.05) is 60.7 Å². The molecule has 4 heterocycles. The van der Waals surface area contributed by atoms with Crippen LogP contribution in [0.1, 0.15) is 92.7 Å². The highest BCUT2D eigenvalue weighted by atomic mass is 79.9. The number of pyridine rings is 1. The molecule has 42 heavy (non-hydrogen) atoms. The molecule has 0 radical (unpaired) electrons. The predicted octanol–water partition coefficient (Wildman–Crippen LogP) is 5.60. The molecule has 10 nitrogen and oxygen atoms in total. The summed E-state index contributed by atoms with van der Waals surface area (Å²) in [5, 5.41) is 0. The number of nitrogens with one attached hydrogen (secondary N) is 1. The molecule has 2 aromatic rings. The number of hydrogen-bond donors (Lipinski definition) is 1. The fraction of sp³-hybridized carbons (Fsp3) is 0.655. The standard InChI is InChI=1S/C29H42BBrN4O6S/c1-19(23-18-35-17-21(16-22(31)24(35)32-23)42(37,38)33-28(7)12-9-13-28)29(8)27(5,6)40-30(41-29)20-10-14-34(15-11-20)25(36)39-26(2,3)4/h10,16-19,33H,9,11-15H2,1-8H3/t19-,29?/m0/s1. The molecule has 1 amide bonds. The first kappa shape index (κ1) is 31.5. The largest absolute Gasteiger partial charge is 0.490 e. The summed E-state index contributed by atoms with van der Waals surface area (Å²) in [7, 11) is -4.25. The predicted molar refractivity (Wildman–Crippen MR) is 165 cm³/mol. The van der Waals surface area contributed by atoms with Crippen molar-refractivity contribution in [3.8, 4) is 0 Å². The van der Waals surface area contributed by atoms with Gasteiger partial charge in [-0.05, 0) is 102 Å². The van der Waals surface area contributed by atoms with Crippen LogP contribution in [0.25, 0.3) is 5.65 Å². The third-order valence-electron chi connectivity index (χ3n) is 9.07. The Morgan fingerprint density at radius 1 is 1.19 bits per heavy atom. The topological polar surface area (TPSA) is 111 Å². The molecule has 1 aliphatic carbocycles. The van der Waals surface area contributed by atoms with Gasteiger partial charge in [0.2, 0.25) is 10.0 Å². The van der Waals surface area contributed by atoms with E-state index in [4.69, 9.17) is 19.0 Å². The number of aromatic nitrogens is 2. The Bertz CT molecular complexity index is 1530. The Labute approximate surface area is 257 Å². The van der Waals surface area contributed by atoms with E-state index in [2.05, 4.69) is 27.6 Å². The van der Waals surface area contributed by atoms with Gasteiger partial charge in [0.15, 0.2) is 5.65 Å². The fourth-order valence-corrected chi connectivity index (χ4v) is 8.01. The number of imidazole rings is 1. The van der Waals surface area contributed by atoms with Gasteiger partial charge in [-0.3, -0.25) is 0 Å². The van der Waals surface area contributed by atoms with Crippen LogP contribution in [0, 0.1) is 0 Å². The Balaban J connectivity index is 1.35. The van der Waals surface area contributed by atoms with Crippen LogP contribution < -0.4 is 4.72 Å². The lowest BCUT2D eigenvalue weighted by Gasteiger charge is -2.40. The average Bonchev–Trinajstić information content (AvgIpc) is 3.40. The SMILES string of the molecule is C[C@@H](c1cn2cc(S(=O)(=O)NC3(C)CCC3)cc(Br)c2n1)C1(C)OB(C2=CCN(C(=O)OC(C)(C)C)CC2)OC1(C)C. The van der Waals surface area contributed by atoms with Crippen molar-refractivity contribution in [2.24, 2.45) is 0 Å². The van der Waals surface area contributed by atoms with E-state index in [0.29, 0.717) is 29.6 Å². The Morgan fingerprint density at radius 3 is 2.45 bits per heavy atom. The van der Waals surface area contributed by atoms with E-state index in [9.17, 15) is 13.2 Å². The Hall–Kier alpha value is -1.93. The van der Waals surface area contributed by atoms with Gasteiger partial charge >= 0.3 is 13.2 Å². The van der Waals surface area contributed by atoms with E-state index >= 15 is 0 Å². The van der Waals surface area contributed by atoms with E-state index in [1.54, 1.807) is 21.6 Å². The highest BCUT2D eigenvalue weighted by Crippen LogP contribution is 2.48. The highest BCUT2D eigenvalue weighted by Gasteiger charge is 2.58. The van der Waals surface area contributed by atoms with E-state index in [-0.39, 0.29) is 16.9 Å². The molecular weight excluding hydrogens is 623 g/mol. The summed E-state index contributed by atoms with van der Waals surface area (Å²) in [4.78, 5) is 19.3. The average molecular weight is 665 g/mol. The second-order valence-corrected chi connectivity index (χ2v) is 16.3. The van der Waals surface area contributed by atoms with Crippen molar-refractivity contribution in [1.82, 2.24) is 19.0 Å². The van der Waals surface area contributed by atoms with E-state index < -0.39 is 39.5 Å². The van der Waals surface area contributed by atoms with Crippen molar-refractivity contribution in [1.29, 1.82) is 0 Å². The summed E-state index contributed by atoms with van der Waals surface area (Å²) in [5.41, 5.74) is 0.0314. The minimum atomic E-state index is -3.70. The minimum Gasteiger partial charge on any atom is -0.444 e. The molecule has 1 saturated heterocycles. The quantitative estimate of drug-likeness (QED) is 0.400. The molecule has 2 aliphatic heterocycles. The monoisotopic (exact) mass is 664 g/mol. The van der Waals surface area contributed by atoms with Gasteiger partial charge in [0, 0.05) is 36.9 Å². The van der Waals surface area contributed by atoms with E-state index in [0.717, 1.165) is 30.4 Å². The molecule has 2 aromatic heterocycles. The van der Waals surface area contributed by atoms with Crippen LogP contribution in [-0.2, 0) is 24.1 Å². The first-order valence-corrected chi connectivity index (χ1v) is 16.8. The van der Waals surface area contributed by atoms with Gasteiger partial charge < -0.3 is 23.3 Å². The number of amides is 1. The highest BCUT2D eigenvalue weighted by molar-refractivity contribution is 9.10. The number of sulfonamides is 1. The molecule has 2 fully saturated rings. The molecule has 5 rings (SSSR count). The number of carbonyl (C=O) groups is 1. The van der Waals surface area contributed by atoms with Crippen molar-refractivity contribution in [3.05, 3.63) is 40.2 Å². The molecule has 0 bridgehead atoms. The fourth-order valence-electron chi connectivity index (χ4n) is 5.82. The third-order valence-corrected chi connectivity index (χ3v) is 11.3. The smallest absolute Gasteiger partial charge is 0.444 e. The zero-order chi connectivity index (χ0) is 30.9. The molecule has 0 spiro atoms. The molecular formula is C29H42BBrN4O6S. The van der Waals surface area contributed by atoms with Crippen LogP contribution >= 0.6 is 15.9 Å². The van der Waals surface area contributed by atoms with Crippen LogP contribution in [0.15, 0.2) is 39.4 Å². The maximum Gasteiger partial charge on any atom is 0.490 e. The number of rotatable bonds is 6. The summed E-state index contributed by atoms with van der Waals surface area (Å²) >= 11 is 3.55. The van der Waals surface area contributed by atoms with Crippen LogP contribution in [0.2, 0.25) is 0 Å². The van der Waals surface area contributed by atoms with Crippen LogP contribution in [0.5, 0.6) is 0 Å². The number of halogens is 1. The second kappa shape index (κ2) is 10.6. The third kappa shape index (κ3) is 5.91. The first-order chi connectivity index (χ1) is 19.3. The van der Waals surface area contributed by atoms with Crippen molar-refractivity contribution in [2.75, 3.05) is 13.1 Å². The number of ether oxygens (including phenoxy) is 1. The van der Waals surface area contributed by atoms with E-state index in [1.165, 1.54) is 0 Å². The summed E-state index contributed by atoms with van der Waals surface area (Å²) in [5.74, 6) is -0.196. The minimum absolute atomic E-state index is 0.184. The summed E-state index contributed by atoms with van der Waals surface area (Å²) in [6.07, 6.45) is 8.45. The Morgan fingerprint density at radius 2 is 1.88 bits per heavy atom. The van der Waals surface area contributed by atoms with Gasteiger partial charge in [-0.2, -0.15) is 0 Å². The van der Waals surface area contributed by atoms with Gasteiger partial charge in [0.25, 0.3) is 0 Å².